The van der Waals surface area contributed by atoms with Gasteiger partial charge in [-0.3, -0.25) is 9.80 Å². The van der Waals surface area contributed by atoms with Crippen molar-refractivity contribution in [2.45, 2.75) is 39.9 Å². The Bertz CT molecular complexity index is 631. The Hall–Kier alpha value is -1.69. The Balaban J connectivity index is 1.73. The lowest BCUT2D eigenvalue weighted by Gasteiger charge is -2.35. The van der Waals surface area contributed by atoms with Crippen molar-refractivity contribution in [1.82, 2.24) is 15.0 Å². The predicted molar refractivity (Wildman–Crippen MR) is 98.4 cm³/mol. The third kappa shape index (κ3) is 4.91. The largest absolute Gasteiger partial charge is 0.379 e. The predicted octanol–water partition coefficient (Wildman–Crippen LogP) is 3.01. The molecule has 1 aliphatic rings. The van der Waals surface area contributed by atoms with Gasteiger partial charge in [-0.15, -0.1) is 0 Å². The maximum absolute atomic E-state index is 5.48. The summed E-state index contributed by atoms with van der Waals surface area (Å²) in [4.78, 5) is 5.02. The van der Waals surface area contributed by atoms with Crippen LogP contribution in [0.5, 0.6) is 0 Å². The number of aromatic nitrogens is 1. The summed E-state index contributed by atoms with van der Waals surface area (Å²) < 4.78 is 10.9. The molecule has 1 saturated heterocycles. The highest BCUT2D eigenvalue weighted by atomic mass is 16.5. The summed E-state index contributed by atoms with van der Waals surface area (Å²) in [5, 5.41) is 4.12. The fourth-order valence-corrected chi connectivity index (χ4v) is 3.39. The average Bonchev–Trinajstić information content (AvgIpc) is 2.95. The van der Waals surface area contributed by atoms with Crippen molar-refractivity contribution in [3.8, 4) is 0 Å². The molecule has 5 heteroatoms. The van der Waals surface area contributed by atoms with Gasteiger partial charge in [0.2, 0.25) is 0 Å². The van der Waals surface area contributed by atoms with Crippen molar-refractivity contribution >= 4 is 0 Å². The van der Waals surface area contributed by atoms with E-state index in [1.807, 2.05) is 13.8 Å². The number of ether oxygens (including phenoxy) is 1. The van der Waals surface area contributed by atoms with Gasteiger partial charge in [-0.05, 0) is 26.3 Å². The third-order valence-electron chi connectivity index (χ3n) is 5.02. The number of hydrogen-bond acceptors (Lipinski definition) is 5. The summed E-state index contributed by atoms with van der Waals surface area (Å²) in [6.07, 6.45) is 0. The molecule has 1 aromatic heterocycles. The van der Waals surface area contributed by atoms with E-state index in [4.69, 9.17) is 9.26 Å². The van der Waals surface area contributed by atoms with Crippen LogP contribution in [0.3, 0.4) is 0 Å². The number of aryl methyl sites for hydroxylation is 2. The van der Waals surface area contributed by atoms with Gasteiger partial charge >= 0.3 is 0 Å². The zero-order valence-corrected chi connectivity index (χ0v) is 15.6. The van der Waals surface area contributed by atoms with Crippen LogP contribution in [0.4, 0.5) is 0 Å². The highest BCUT2D eigenvalue weighted by molar-refractivity contribution is 5.21. The zero-order chi connectivity index (χ0) is 17.6. The van der Waals surface area contributed by atoms with Gasteiger partial charge in [0, 0.05) is 44.3 Å². The Morgan fingerprint density at radius 3 is 2.48 bits per heavy atom. The number of morpholine rings is 1. The topological polar surface area (TPSA) is 41.7 Å². The molecule has 1 fully saturated rings. The lowest BCUT2D eigenvalue weighted by atomic mass is 10.1. The Kier molecular flexibility index (Phi) is 6.24. The summed E-state index contributed by atoms with van der Waals surface area (Å²) >= 11 is 0. The Morgan fingerprint density at radius 1 is 1.12 bits per heavy atom. The first kappa shape index (κ1) is 18.1. The first-order valence-corrected chi connectivity index (χ1v) is 9.13. The van der Waals surface area contributed by atoms with Crippen molar-refractivity contribution in [2.24, 2.45) is 0 Å². The summed E-state index contributed by atoms with van der Waals surface area (Å²) in [7, 11) is 0. The molecule has 0 aliphatic carbocycles. The van der Waals surface area contributed by atoms with E-state index in [1.165, 1.54) is 11.1 Å². The lowest BCUT2D eigenvalue weighted by molar-refractivity contribution is 0.0225. The maximum atomic E-state index is 5.48. The molecule has 3 rings (SSSR count). The SMILES string of the molecule is Cc1noc(C)c1CN(Cc1ccccc1)C(C)CN1CCOCC1. The minimum absolute atomic E-state index is 0.437. The van der Waals surface area contributed by atoms with Gasteiger partial charge < -0.3 is 9.26 Å². The van der Waals surface area contributed by atoms with Crippen LogP contribution in [0.15, 0.2) is 34.9 Å². The summed E-state index contributed by atoms with van der Waals surface area (Å²) in [5.41, 5.74) is 3.54. The van der Waals surface area contributed by atoms with Crippen LogP contribution in [0.25, 0.3) is 0 Å². The van der Waals surface area contributed by atoms with Crippen molar-refractivity contribution < 1.29 is 9.26 Å². The molecule has 1 aromatic carbocycles. The van der Waals surface area contributed by atoms with Gasteiger partial charge in [-0.1, -0.05) is 35.5 Å². The maximum Gasteiger partial charge on any atom is 0.138 e. The van der Waals surface area contributed by atoms with Gasteiger partial charge in [0.1, 0.15) is 5.76 Å². The van der Waals surface area contributed by atoms with E-state index in [0.29, 0.717) is 6.04 Å². The number of hydrogen-bond donors (Lipinski definition) is 0. The molecule has 136 valence electrons. The molecule has 0 saturated carbocycles. The molecule has 0 radical (unpaired) electrons. The van der Waals surface area contributed by atoms with Crippen LogP contribution >= 0.6 is 0 Å². The second-order valence-corrected chi connectivity index (χ2v) is 6.96. The first-order chi connectivity index (χ1) is 12.1. The quantitative estimate of drug-likeness (QED) is 0.773. The van der Waals surface area contributed by atoms with E-state index in [-0.39, 0.29) is 0 Å². The summed E-state index contributed by atoms with van der Waals surface area (Å²) in [6.45, 7) is 12.9. The van der Waals surface area contributed by atoms with Crippen molar-refractivity contribution in [3.63, 3.8) is 0 Å². The van der Waals surface area contributed by atoms with Crippen molar-refractivity contribution in [2.75, 3.05) is 32.8 Å². The lowest BCUT2D eigenvalue weighted by Crippen LogP contribution is -2.45. The molecule has 0 N–H and O–H groups in total. The van der Waals surface area contributed by atoms with Crippen LogP contribution in [0, 0.1) is 13.8 Å². The van der Waals surface area contributed by atoms with Crippen molar-refractivity contribution in [1.29, 1.82) is 0 Å². The number of rotatable bonds is 7. The summed E-state index contributed by atoms with van der Waals surface area (Å²) in [6, 6.07) is 11.1. The van der Waals surface area contributed by atoms with Gasteiger partial charge in [0.05, 0.1) is 18.9 Å². The monoisotopic (exact) mass is 343 g/mol. The normalized spacial score (nSPS) is 17.1. The molecule has 0 bridgehead atoms. The fourth-order valence-electron chi connectivity index (χ4n) is 3.39. The average molecular weight is 343 g/mol. The molecular weight excluding hydrogens is 314 g/mol. The molecule has 2 aromatic rings. The minimum atomic E-state index is 0.437. The Labute approximate surface area is 150 Å². The van der Waals surface area contributed by atoms with Crippen LogP contribution in [0.1, 0.15) is 29.5 Å². The Morgan fingerprint density at radius 2 is 1.84 bits per heavy atom. The van der Waals surface area contributed by atoms with Crippen LogP contribution in [-0.4, -0.2) is 53.8 Å². The minimum Gasteiger partial charge on any atom is -0.379 e. The first-order valence-electron chi connectivity index (χ1n) is 9.13. The van der Waals surface area contributed by atoms with Gasteiger partial charge in [0.25, 0.3) is 0 Å². The van der Waals surface area contributed by atoms with Crippen LogP contribution in [0.2, 0.25) is 0 Å². The number of nitrogens with zero attached hydrogens (tertiary/aromatic N) is 3. The van der Waals surface area contributed by atoms with Crippen LogP contribution in [-0.2, 0) is 17.8 Å². The molecule has 1 aliphatic heterocycles. The molecule has 25 heavy (non-hydrogen) atoms. The van der Waals surface area contributed by atoms with E-state index in [0.717, 1.165) is 57.4 Å². The second-order valence-electron chi connectivity index (χ2n) is 6.96. The van der Waals surface area contributed by atoms with Gasteiger partial charge in [-0.25, -0.2) is 0 Å². The molecular formula is C20H29N3O2. The van der Waals surface area contributed by atoms with Gasteiger partial charge in [-0.2, -0.15) is 0 Å². The standard InChI is InChI=1S/C20H29N3O2/c1-16(13-22-9-11-24-12-10-22)23(14-19-7-5-4-6-8-19)15-20-17(2)21-25-18(20)3/h4-8,16H,9-15H2,1-3H3. The molecule has 0 amide bonds. The fraction of sp³-hybridized carbons (Fsp3) is 0.550. The third-order valence-corrected chi connectivity index (χ3v) is 5.02. The van der Waals surface area contributed by atoms with Crippen LogP contribution < -0.4 is 0 Å². The van der Waals surface area contributed by atoms with Crippen molar-refractivity contribution in [3.05, 3.63) is 52.9 Å². The molecule has 1 atom stereocenters. The van der Waals surface area contributed by atoms with E-state index in [2.05, 4.69) is 52.2 Å². The molecule has 5 nitrogen and oxygen atoms in total. The van der Waals surface area contributed by atoms with E-state index in [9.17, 15) is 0 Å². The molecule has 1 unspecified atom stereocenters. The number of benzene rings is 1. The second kappa shape index (κ2) is 8.61. The summed E-state index contributed by atoms with van der Waals surface area (Å²) in [5.74, 6) is 0.925. The smallest absolute Gasteiger partial charge is 0.138 e. The van der Waals surface area contributed by atoms with Gasteiger partial charge in [0.15, 0.2) is 0 Å². The van der Waals surface area contributed by atoms with E-state index in [1.54, 1.807) is 0 Å². The molecule has 2 heterocycles. The highest BCUT2D eigenvalue weighted by Crippen LogP contribution is 2.19. The molecule has 0 spiro atoms. The van der Waals surface area contributed by atoms with E-state index >= 15 is 0 Å². The zero-order valence-electron chi connectivity index (χ0n) is 15.6. The highest BCUT2D eigenvalue weighted by Gasteiger charge is 2.22. The van der Waals surface area contributed by atoms with E-state index < -0.39 is 0 Å².